The Morgan fingerprint density at radius 3 is 2.26 bits per heavy atom. The lowest BCUT2D eigenvalue weighted by Crippen LogP contribution is -2.54. The van der Waals surface area contributed by atoms with E-state index in [2.05, 4.69) is 31.2 Å². The minimum Gasteiger partial charge on any atom is -0.385 e. The van der Waals surface area contributed by atoms with Gasteiger partial charge in [0.25, 0.3) is 23.6 Å². The van der Waals surface area contributed by atoms with Gasteiger partial charge in [0.1, 0.15) is 11.7 Å². The van der Waals surface area contributed by atoms with E-state index in [1.54, 1.807) is 48.5 Å². The summed E-state index contributed by atoms with van der Waals surface area (Å²) in [7, 11) is 1.76. The second-order valence-corrected chi connectivity index (χ2v) is 15.1. The number of hydrogen-bond donors (Lipinski definition) is 4. The summed E-state index contributed by atoms with van der Waals surface area (Å²) in [4.78, 5) is 90.5. The zero-order valence-corrected chi connectivity index (χ0v) is 32.3. The van der Waals surface area contributed by atoms with E-state index in [0.717, 1.165) is 67.6 Å². The second kappa shape index (κ2) is 16.5. The molecule has 2 fully saturated rings. The van der Waals surface area contributed by atoms with Crippen LogP contribution in [0.25, 0.3) is 0 Å². The predicted octanol–water partition coefficient (Wildman–Crippen LogP) is 5.69. The fourth-order valence-electron chi connectivity index (χ4n) is 8.20. The molecule has 8 rings (SSSR count). The van der Waals surface area contributed by atoms with Crippen molar-refractivity contribution in [3.63, 3.8) is 0 Å². The van der Waals surface area contributed by atoms with Gasteiger partial charge in [-0.05, 0) is 86.7 Å². The number of nitrogens with one attached hydrogen (secondary N) is 4. The zero-order chi connectivity index (χ0) is 40.3. The minimum absolute atomic E-state index is 0.0737. The molecule has 1 aliphatic carbocycles. The van der Waals surface area contributed by atoms with Gasteiger partial charge in [0.05, 0.1) is 28.6 Å². The van der Waals surface area contributed by atoms with Crippen molar-refractivity contribution in [2.75, 3.05) is 40.6 Å². The highest BCUT2D eigenvalue weighted by atomic mass is 16.2. The molecule has 4 aliphatic rings. The number of aromatic nitrogens is 2. The molecular weight excluding hydrogens is 739 g/mol. The van der Waals surface area contributed by atoms with Gasteiger partial charge in [0, 0.05) is 49.5 Å². The number of nitrogens with zero attached hydrogens (tertiary/aromatic N) is 5. The number of para-hydroxylation sites is 1. The Morgan fingerprint density at radius 2 is 1.48 bits per heavy atom. The fraction of sp³-hybridized carbons (Fsp3) is 0.349. The van der Waals surface area contributed by atoms with Gasteiger partial charge < -0.3 is 25.8 Å². The normalized spacial score (nSPS) is 17.8. The van der Waals surface area contributed by atoms with Crippen molar-refractivity contribution >= 4 is 70.0 Å². The Labute approximate surface area is 335 Å². The van der Waals surface area contributed by atoms with Gasteiger partial charge in [-0.3, -0.25) is 39.0 Å². The summed E-state index contributed by atoms with van der Waals surface area (Å²) in [5.74, 6) is -1.27. The summed E-state index contributed by atoms with van der Waals surface area (Å²) >= 11 is 0. The second-order valence-electron chi connectivity index (χ2n) is 15.1. The van der Waals surface area contributed by atoms with E-state index in [4.69, 9.17) is 4.98 Å². The van der Waals surface area contributed by atoms with E-state index >= 15 is 0 Å². The first-order chi connectivity index (χ1) is 28.2. The molecule has 1 unspecified atom stereocenters. The third-order valence-electron chi connectivity index (χ3n) is 11.3. The van der Waals surface area contributed by atoms with Crippen LogP contribution in [0, 0.1) is 0 Å². The van der Waals surface area contributed by atoms with Gasteiger partial charge in [-0.25, -0.2) is 4.98 Å². The molecule has 0 spiro atoms. The average Bonchev–Trinajstić information content (AvgIpc) is 3.83. The molecule has 0 radical (unpaired) electrons. The van der Waals surface area contributed by atoms with Crippen LogP contribution < -0.4 is 31.1 Å². The molecule has 6 amide bonds. The summed E-state index contributed by atoms with van der Waals surface area (Å²) in [5, 5.41) is 11.8. The molecule has 15 heteroatoms. The highest BCUT2D eigenvalue weighted by Crippen LogP contribution is 2.43. The van der Waals surface area contributed by atoms with Crippen LogP contribution in [0.1, 0.15) is 106 Å². The van der Waals surface area contributed by atoms with Crippen LogP contribution in [0.15, 0.2) is 72.9 Å². The summed E-state index contributed by atoms with van der Waals surface area (Å²) in [6.45, 7) is 1.20. The molecule has 4 heterocycles. The molecule has 1 atom stereocenters. The van der Waals surface area contributed by atoms with Crippen LogP contribution in [0.4, 0.5) is 34.5 Å². The number of carbonyl (C=O) groups is 6. The smallest absolute Gasteiger partial charge is 0.262 e. The molecule has 0 bridgehead atoms. The Kier molecular flexibility index (Phi) is 10.8. The molecule has 3 aromatic carbocycles. The molecule has 1 saturated heterocycles. The van der Waals surface area contributed by atoms with Crippen molar-refractivity contribution in [1.82, 2.24) is 25.5 Å². The van der Waals surface area contributed by atoms with Crippen LogP contribution in [0.2, 0.25) is 0 Å². The van der Waals surface area contributed by atoms with Crippen molar-refractivity contribution < 1.29 is 28.8 Å². The number of amides is 6. The van der Waals surface area contributed by atoms with E-state index in [0.29, 0.717) is 47.4 Å². The number of imide groups is 2. The zero-order valence-electron chi connectivity index (χ0n) is 32.3. The SMILES string of the molecule is CN1C(=O)c2ccccc2N(C2CCCC2)c2nc(Nc3ccc(C(=O)NCCCCCCNc4ccc5c(c4)C(=O)N(C4CCC(=O)NC4=O)C5=O)cc3)ncc21. The number of piperidine rings is 1. The van der Waals surface area contributed by atoms with E-state index in [9.17, 15) is 28.8 Å². The lowest BCUT2D eigenvalue weighted by atomic mass is 10.0. The quantitative estimate of drug-likeness (QED) is 0.0964. The summed E-state index contributed by atoms with van der Waals surface area (Å²) < 4.78 is 0. The third kappa shape index (κ3) is 7.59. The number of anilines is 6. The standard InChI is InChI=1S/C43H45N9O6/c1-50-35-25-46-43(49-37(35)51(29-10-4-5-11-29)33-13-7-6-12-31(33)40(50)56)47-27-16-14-26(15-17-27)38(54)45-23-9-3-2-8-22-44-28-18-19-30-32(24-28)42(58)52(41(30)57)34-20-21-36(53)48-39(34)55/h6-7,12-19,24-25,29,34,44H,2-5,8-11,20-23H2,1H3,(H,45,54)(H,46,47,49)(H,48,53,55). The van der Waals surface area contributed by atoms with Crippen LogP contribution in [0.5, 0.6) is 0 Å². The topological polar surface area (TPSA) is 186 Å². The molecule has 4 N–H and O–H groups in total. The first kappa shape index (κ1) is 38.2. The Bertz CT molecular complexity index is 2290. The summed E-state index contributed by atoms with van der Waals surface area (Å²) in [6.07, 6.45) is 9.70. The fourth-order valence-corrected chi connectivity index (χ4v) is 8.20. The third-order valence-corrected chi connectivity index (χ3v) is 11.3. The number of unbranched alkanes of at least 4 members (excludes halogenated alkanes) is 3. The Morgan fingerprint density at radius 1 is 0.759 bits per heavy atom. The Hall–Kier alpha value is -6.64. The number of benzene rings is 3. The maximum Gasteiger partial charge on any atom is 0.262 e. The van der Waals surface area contributed by atoms with Crippen molar-refractivity contribution in [2.24, 2.45) is 0 Å². The largest absolute Gasteiger partial charge is 0.385 e. The van der Waals surface area contributed by atoms with Crippen molar-refractivity contribution in [3.8, 4) is 0 Å². The van der Waals surface area contributed by atoms with E-state index < -0.39 is 29.7 Å². The molecule has 15 nitrogen and oxygen atoms in total. The average molecular weight is 784 g/mol. The lowest BCUT2D eigenvalue weighted by molar-refractivity contribution is -0.136. The van der Waals surface area contributed by atoms with Crippen LogP contribution in [-0.4, -0.2) is 82.5 Å². The van der Waals surface area contributed by atoms with Crippen LogP contribution in [-0.2, 0) is 9.59 Å². The van der Waals surface area contributed by atoms with Crippen molar-refractivity contribution in [1.29, 1.82) is 0 Å². The van der Waals surface area contributed by atoms with Crippen molar-refractivity contribution in [3.05, 3.63) is 95.2 Å². The summed E-state index contributed by atoms with van der Waals surface area (Å²) in [5.41, 5.74) is 4.61. The molecule has 298 valence electrons. The molecule has 58 heavy (non-hydrogen) atoms. The predicted molar refractivity (Wildman–Crippen MR) is 218 cm³/mol. The highest BCUT2D eigenvalue weighted by molar-refractivity contribution is 6.23. The number of fused-ring (bicyclic) bond motifs is 3. The highest BCUT2D eigenvalue weighted by Gasteiger charge is 2.44. The first-order valence-corrected chi connectivity index (χ1v) is 20.0. The van der Waals surface area contributed by atoms with Crippen molar-refractivity contribution in [2.45, 2.75) is 76.3 Å². The molecular formula is C43H45N9O6. The molecule has 3 aliphatic heterocycles. The Balaban J connectivity index is 0.786. The number of carbonyl (C=O) groups excluding carboxylic acids is 6. The van der Waals surface area contributed by atoms with Gasteiger partial charge in [0.2, 0.25) is 17.8 Å². The summed E-state index contributed by atoms with van der Waals surface area (Å²) in [6, 6.07) is 19.1. The van der Waals surface area contributed by atoms with E-state index in [1.165, 1.54) is 0 Å². The first-order valence-electron chi connectivity index (χ1n) is 20.0. The number of rotatable bonds is 13. The van der Waals surface area contributed by atoms with Gasteiger partial charge in [0.15, 0.2) is 5.82 Å². The molecule has 1 aromatic heterocycles. The number of hydrogen-bond acceptors (Lipinski definition) is 11. The molecule has 4 aromatic rings. The van der Waals surface area contributed by atoms with E-state index in [1.807, 2.05) is 36.4 Å². The van der Waals surface area contributed by atoms with Gasteiger partial charge in [-0.2, -0.15) is 4.98 Å². The molecule has 1 saturated carbocycles. The van der Waals surface area contributed by atoms with Crippen LogP contribution in [0.3, 0.4) is 0 Å². The maximum absolute atomic E-state index is 13.5. The van der Waals surface area contributed by atoms with Gasteiger partial charge >= 0.3 is 0 Å². The van der Waals surface area contributed by atoms with Gasteiger partial charge in [-0.1, -0.05) is 37.8 Å². The van der Waals surface area contributed by atoms with E-state index in [-0.39, 0.29) is 41.8 Å². The van der Waals surface area contributed by atoms with Gasteiger partial charge in [-0.15, -0.1) is 0 Å². The lowest BCUT2D eigenvalue weighted by Gasteiger charge is -2.31. The maximum atomic E-state index is 13.5. The van der Waals surface area contributed by atoms with Crippen LogP contribution >= 0.6 is 0 Å². The monoisotopic (exact) mass is 783 g/mol. The minimum atomic E-state index is -0.993.